The van der Waals surface area contributed by atoms with Crippen LogP contribution in [0.4, 0.5) is 8.78 Å². The quantitative estimate of drug-likeness (QED) is 0.757. The first-order valence-electron chi connectivity index (χ1n) is 6.26. The van der Waals surface area contributed by atoms with Crippen molar-refractivity contribution in [2.75, 3.05) is 6.54 Å². The lowest BCUT2D eigenvalue weighted by molar-refractivity contribution is 0.0734. The highest BCUT2D eigenvalue weighted by atomic mass is 19.2. The van der Waals surface area contributed by atoms with Gasteiger partial charge in [0.15, 0.2) is 5.82 Å². The van der Waals surface area contributed by atoms with Gasteiger partial charge >= 0.3 is 0 Å². The largest absolute Gasteiger partial charge is 0.336 e. The number of halogens is 2. The number of carbonyl (C=O) groups excluding carboxylic acids is 1. The maximum Gasteiger partial charge on any atom is 0.257 e. The fourth-order valence-corrected chi connectivity index (χ4v) is 1.90. The number of hydrogen-bond acceptors (Lipinski definition) is 2. The zero-order valence-corrected chi connectivity index (χ0v) is 10.3. The molecule has 1 aromatic heterocycles. The van der Waals surface area contributed by atoms with Gasteiger partial charge in [0.05, 0.1) is 5.56 Å². The van der Waals surface area contributed by atoms with Crippen molar-refractivity contribution in [2.24, 2.45) is 0 Å². The summed E-state index contributed by atoms with van der Waals surface area (Å²) in [5, 5.41) is 0. The van der Waals surface area contributed by atoms with Crippen molar-refractivity contribution in [2.45, 2.75) is 38.6 Å². The van der Waals surface area contributed by atoms with Crippen LogP contribution in [0.5, 0.6) is 0 Å². The number of pyridine rings is 1. The predicted octanol–water partition coefficient (Wildman–Crippen LogP) is 2.76. The summed E-state index contributed by atoms with van der Waals surface area (Å²) < 4.78 is 26.5. The van der Waals surface area contributed by atoms with Crippen LogP contribution in [0, 0.1) is 11.8 Å². The Bertz CT molecular complexity index is 447. The summed E-state index contributed by atoms with van der Waals surface area (Å²) in [7, 11) is 0. The van der Waals surface area contributed by atoms with E-state index in [1.807, 2.05) is 6.92 Å². The Labute approximate surface area is 105 Å². The third-order valence-electron chi connectivity index (χ3n) is 3.08. The van der Waals surface area contributed by atoms with Crippen molar-refractivity contribution in [1.29, 1.82) is 0 Å². The number of carbonyl (C=O) groups is 1. The predicted molar refractivity (Wildman–Crippen MR) is 63.1 cm³/mol. The lowest BCUT2D eigenvalue weighted by atomic mass is 10.2. The topological polar surface area (TPSA) is 33.2 Å². The van der Waals surface area contributed by atoms with Crippen LogP contribution in [0.3, 0.4) is 0 Å². The fraction of sp³-hybridized carbons (Fsp3) is 0.538. The molecule has 98 valence electrons. The van der Waals surface area contributed by atoms with E-state index in [0.717, 1.165) is 31.9 Å². The van der Waals surface area contributed by atoms with E-state index in [2.05, 4.69) is 4.98 Å². The molecule has 1 aliphatic carbocycles. The first kappa shape index (κ1) is 12.9. The second kappa shape index (κ2) is 5.42. The molecule has 0 aromatic carbocycles. The Hall–Kier alpha value is -1.52. The molecular formula is C13H16F2N2O. The molecule has 1 fully saturated rings. The average molecular weight is 254 g/mol. The van der Waals surface area contributed by atoms with Crippen molar-refractivity contribution in [1.82, 2.24) is 9.88 Å². The smallest absolute Gasteiger partial charge is 0.257 e. The van der Waals surface area contributed by atoms with Gasteiger partial charge in [-0.15, -0.1) is 0 Å². The van der Waals surface area contributed by atoms with E-state index in [0.29, 0.717) is 6.54 Å². The van der Waals surface area contributed by atoms with Gasteiger partial charge in [-0.2, -0.15) is 4.39 Å². The molecule has 1 amide bonds. The molecule has 0 radical (unpaired) electrons. The summed E-state index contributed by atoms with van der Waals surface area (Å²) in [6, 6.07) is 1.43. The monoisotopic (exact) mass is 254 g/mol. The minimum absolute atomic E-state index is 0.194. The molecule has 0 saturated heterocycles. The van der Waals surface area contributed by atoms with E-state index in [1.165, 1.54) is 6.07 Å². The third-order valence-corrected chi connectivity index (χ3v) is 3.08. The summed E-state index contributed by atoms with van der Waals surface area (Å²) in [6.07, 6.45) is 4.85. The van der Waals surface area contributed by atoms with Gasteiger partial charge in [0.2, 0.25) is 5.95 Å². The number of nitrogens with zero attached hydrogens (tertiary/aromatic N) is 2. The second-order valence-corrected chi connectivity index (χ2v) is 4.55. The number of rotatable bonds is 5. The van der Waals surface area contributed by atoms with Crippen LogP contribution in [0.25, 0.3) is 0 Å². The van der Waals surface area contributed by atoms with Crippen LogP contribution in [0.2, 0.25) is 0 Å². The van der Waals surface area contributed by atoms with Crippen LogP contribution in [0.1, 0.15) is 43.0 Å². The van der Waals surface area contributed by atoms with Crippen LogP contribution in [0.15, 0.2) is 12.3 Å². The minimum Gasteiger partial charge on any atom is -0.336 e. The first-order valence-corrected chi connectivity index (χ1v) is 6.26. The van der Waals surface area contributed by atoms with Gasteiger partial charge in [0, 0.05) is 18.8 Å². The Balaban J connectivity index is 2.19. The molecule has 0 atom stereocenters. The molecule has 1 aliphatic rings. The molecular weight excluding hydrogens is 238 g/mol. The second-order valence-electron chi connectivity index (χ2n) is 4.55. The number of hydrogen-bond donors (Lipinski definition) is 0. The molecule has 3 nitrogen and oxygen atoms in total. The van der Waals surface area contributed by atoms with E-state index in [4.69, 9.17) is 0 Å². The van der Waals surface area contributed by atoms with Gasteiger partial charge in [0.1, 0.15) is 0 Å². The maximum atomic E-state index is 13.5. The minimum atomic E-state index is -1.22. The molecule has 0 spiro atoms. The lowest BCUT2D eigenvalue weighted by Crippen LogP contribution is -2.34. The number of aromatic nitrogens is 1. The highest BCUT2D eigenvalue weighted by Crippen LogP contribution is 2.29. The molecule has 0 unspecified atom stereocenters. The van der Waals surface area contributed by atoms with Crippen LogP contribution in [-0.4, -0.2) is 28.4 Å². The van der Waals surface area contributed by atoms with Crippen LogP contribution < -0.4 is 0 Å². The molecule has 1 saturated carbocycles. The van der Waals surface area contributed by atoms with Gasteiger partial charge in [-0.05, 0) is 25.3 Å². The fourth-order valence-electron chi connectivity index (χ4n) is 1.90. The van der Waals surface area contributed by atoms with Gasteiger partial charge < -0.3 is 4.90 Å². The molecule has 0 bridgehead atoms. The summed E-state index contributed by atoms with van der Waals surface area (Å²) in [5.41, 5.74) is -0.217. The molecule has 2 rings (SSSR count). The maximum absolute atomic E-state index is 13.5. The van der Waals surface area contributed by atoms with E-state index in [1.54, 1.807) is 4.90 Å². The van der Waals surface area contributed by atoms with Gasteiger partial charge in [-0.25, -0.2) is 9.37 Å². The molecule has 1 aromatic rings. The molecule has 1 heterocycles. The molecule has 18 heavy (non-hydrogen) atoms. The van der Waals surface area contributed by atoms with E-state index >= 15 is 0 Å². The molecule has 0 aliphatic heterocycles. The van der Waals surface area contributed by atoms with Crippen LogP contribution in [-0.2, 0) is 0 Å². The Morgan fingerprint density at radius 1 is 1.50 bits per heavy atom. The summed E-state index contributed by atoms with van der Waals surface area (Å²) in [4.78, 5) is 17.0. The van der Waals surface area contributed by atoms with Gasteiger partial charge in [-0.3, -0.25) is 4.79 Å². The summed E-state index contributed by atoms with van der Waals surface area (Å²) in [5.74, 6) is -2.79. The van der Waals surface area contributed by atoms with Crippen molar-refractivity contribution in [3.05, 3.63) is 29.6 Å². The van der Waals surface area contributed by atoms with Crippen molar-refractivity contribution < 1.29 is 13.6 Å². The van der Waals surface area contributed by atoms with E-state index < -0.39 is 17.7 Å². The Morgan fingerprint density at radius 2 is 2.22 bits per heavy atom. The number of amides is 1. The van der Waals surface area contributed by atoms with Crippen molar-refractivity contribution in [3.63, 3.8) is 0 Å². The number of unbranched alkanes of at least 4 members (excludes halogenated alkanes) is 1. The SMILES string of the molecule is CCCCN(C(=O)c1ccnc(F)c1F)C1CC1. The first-order chi connectivity index (χ1) is 8.65. The van der Waals surface area contributed by atoms with E-state index in [9.17, 15) is 13.6 Å². The Morgan fingerprint density at radius 3 is 2.83 bits per heavy atom. The van der Waals surface area contributed by atoms with E-state index in [-0.39, 0.29) is 11.6 Å². The Kier molecular flexibility index (Phi) is 3.89. The zero-order chi connectivity index (χ0) is 13.1. The molecule has 0 N–H and O–H groups in total. The normalized spacial score (nSPS) is 14.6. The third kappa shape index (κ3) is 2.66. The summed E-state index contributed by atoms with van der Waals surface area (Å²) >= 11 is 0. The van der Waals surface area contributed by atoms with Crippen molar-refractivity contribution in [3.8, 4) is 0 Å². The highest BCUT2D eigenvalue weighted by Gasteiger charge is 2.34. The van der Waals surface area contributed by atoms with Gasteiger partial charge in [0.25, 0.3) is 5.91 Å². The van der Waals surface area contributed by atoms with Crippen molar-refractivity contribution >= 4 is 5.91 Å². The lowest BCUT2D eigenvalue weighted by Gasteiger charge is -2.22. The summed E-state index contributed by atoms with van der Waals surface area (Å²) in [6.45, 7) is 2.63. The molecule has 5 heteroatoms. The van der Waals surface area contributed by atoms with Gasteiger partial charge in [-0.1, -0.05) is 13.3 Å². The van der Waals surface area contributed by atoms with Crippen LogP contribution >= 0.6 is 0 Å². The zero-order valence-electron chi connectivity index (χ0n) is 10.3. The average Bonchev–Trinajstić information content (AvgIpc) is 3.17. The standard InChI is InChI=1S/C13H16F2N2O/c1-2-3-8-17(9-4-5-9)13(18)10-6-7-16-12(15)11(10)14/h6-7,9H,2-5,8H2,1H3. The highest BCUT2D eigenvalue weighted by molar-refractivity contribution is 5.94.